The van der Waals surface area contributed by atoms with Gasteiger partial charge in [0.2, 0.25) is 0 Å². The quantitative estimate of drug-likeness (QED) is 0.781. The lowest BCUT2D eigenvalue weighted by atomic mass is 10.2. The maximum atomic E-state index is 5.18. The Morgan fingerprint density at radius 3 is 2.85 bits per heavy atom. The Bertz CT molecular complexity index is 314. The number of rotatable bonds is 4. The third kappa shape index (κ3) is 2.88. The zero-order chi connectivity index (χ0) is 9.84. The van der Waals surface area contributed by atoms with E-state index in [2.05, 4.69) is 29.7 Å². The van der Waals surface area contributed by atoms with Gasteiger partial charge in [-0.2, -0.15) is 11.8 Å². The summed E-state index contributed by atoms with van der Waals surface area (Å²) in [6.07, 6.45) is 4.11. The fourth-order valence-electron chi connectivity index (χ4n) is 1.36. The minimum Gasteiger partial charge on any atom is -0.337 e. The van der Waals surface area contributed by atoms with E-state index < -0.39 is 0 Å². The van der Waals surface area contributed by atoms with Crippen LogP contribution in [0.1, 0.15) is 12.6 Å². The molecule has 0 aliphatic heterocycles. The predicted molar refractivity (Wildman–Crippen MR) is 61.9 cm³/mol. The van der Waals surface area contributed by atoms with Crippen molar-refractivity contribution in [3.8, 4) is 0 Å². The number of H-pyrrole nitrogens is 1. The van der Waals surface area contributed by atoms with Gasteiger partial charge in [-0.25, -0.2) is 0 Å². The lowest BCUT2D eigenvalue weighted by Gasteiger charge is -2.11. The van der Waals surface area contributed by atoms with Crippen molar-refractivity contribution in [2.24, 2.45) is 5.92 Å². The molecule has 0 bridgehead atoms. The Balaban J connectivity index is 2.68. The van der Waals surface area contributed by atoms with Crippen LogP contribution in [0.25, 0.3) is 0 Å². The van der Waals surface area contributed by atoms with Gasteiger partial charge in [-0.15, -0.1) is 0 Å². The Labute approximate surface area is 88.7 Å². The maximum Gasteiger partial charge on any atom is 0.177 e. The van der Waals surface area contributed by atoms with E-state index in [1.807, 2.05) is 18.0 Å². The summed E-state index contributed by atoms with van der Waals surface area (Å²) < 4.78 is 3.00. The molecule has 0 amide bonds. The van der Waals surface area contributed by atoms with Gasteiger partial charge in [-0.3, -0.25) is 0 Å². The molecule has 4 heteroatoms. The van der Waals surface area contributed by atoms with Crippen molar-refractivity contribution in [2.45, 2.75) is 20.4 Å². The van der Waals surface area contributed by atoms with Crippen molar-refractivity contribution >= 4 is 24.0 Å². The van der Waals surface area contributed by atoms with Gasteiger partial charge in [0.25, 0.3) is 0 Å². The standard InChI is InChI=1S/C9H16N2S2/c1-7(6-13-3)5-11-8(2)4-10-9(11)12/h4,7H,5-6H2,1-3H3,(H,10,12). The Kier molecular flexibility index (Phi) is 4.06. The third-order valence-electron chi connectivity index (χ3n) is 2.02. The molecule has 74 valence electrons. The van der Waals surface area contributed by atoms with Crippen LogP contribution < -0.4 is 0 Å². The molecule has 1 unspecified atom stereocenters. The summed E-state index contributed by atoms with van der Waals surface area (Å²) in [5.74, 6) is 1.86. The fraction of sp³-hybridized carbons (Fsp3) is 0.667. The first-order valence-electron chi connectivity index (χ1n) is 4.39. The summed E-state index contributed by atoms with van der Waals surface area (Å²) in [6, 6.07) is 0. The first kappa shape index (κ1) is 10.9. The summed E-state index contributed by atoms with van der Waals surface area (Å²) in [5.41, 5.74) is 1.22. The predicted octanol–water partition coefficient (Wildman–Crippen LogP) is 2.85. The second-order valence-corrected chi connectivity index (χ2v) is 4.70. The van der Waals surface area contributed by atoms with Crippen LogP contribution in [0, 0.1) is 17.6 Å². The van der Waals surface area contributed by atoms with Crippen LogP contribution in [-0.2, 0) is 6.54 Å². The smallest absolute Gasteiger partial charge is 0.177 e. The molecule has 2 nitrogen and oxygen atoms in total. The zero-order valence-corrected chi connectivity index (χ0v) is 9.97. The molecule has 0 aliphatic rings. The van der Waals surface area contributed by atoms with Crippen LogP contribution in [0.15, 0.2) is 6.20 Å². The number of aryl methyl sites for hydroxylation is 1. The van der Waals surface area contributed by atoms with Gasteiger partial charge in [0, 0.05) is 18.4 Å². The molecule has 0 aromatic carbocycles. The van der Waals surface area contributed by atoms with E-state index in [9.17, 15) is 0 Å². The van der Waals surface area contributed by atoms with Gasteiger partial charge in [0.1, 0.15) is 0 Å². The SMILES string of the molecule is CSCC(C)Cn1c(C)c[nH]c1=S. The van der Waals surface area contributed by atoms with E-state index >= 15 is 0 Å². The molecule has 1 aromatic heterocycles. The van der Waals surface area contributed by atoms with Crippen LogP contribution in [0.3, 0.4) is 0 Å². The van der Waals surface area contributed by atoms with Gasteiger partial charge < -0.3 is 9.55 Å². The van der Waals surface area contributed by atoms with E-state index in [0.29, 0.717) is 5.92 Å². The van der Waals surface area contributed by atoms with Crippen molar-refractivity contribution in [1.82, 2.24) is 9.55 Å². The number of imidazole rings is 1. The Morgan fingerprint density at radius 1 is 1.69 bits per heavy atom. The molecule has 0 spiro atoms. The molecule has 0 fully saturated rings. The molecular weight excluding hydrogens is 200 g/mol. The highest BCUT2D eigenvalue weighted by atomic mass is 32.2. The second kappa shape index (κ2) is 4.86. The average molecular weight is 216 g/mol. The van der Waals surface area contributed by atoms with E-state index in [4.69, 9.17) is 12.2 Å². The number of aromatic amines is 1. The van der Waals surface area contributed by atoms with E-state index in [1.165, 1.54) is 11.4 Å². The van der Waals surface area contributed by atoms with Gasteiger partial charge in [-0.1, -0.05) is 6.92 Å². The largest absolute Gasteiger partial charge is 0.337 e. The summed E-state index contributed by atoms with van der Waals surface area (Å²) >= 11 is 7.06. The van der Waals surface area contributed by atoms with Crippen molar-refractivity contribution < 1.29 is 0 Å². The monoisotopic (exact) mass is 216 g/mol. The van der Waals surface area contributed by atoms with E-state index in [1.54, 1.807) is 0 Å². The molecule has 1 N–H and O–H groups in total. The van der Waals surface area contributed by atoms with Crippen LogP contribution >= 0.6 is 24.0 Å². The highest BCUT2D eigenvalue weighted by molar-refractivity contribution is 7.98. The van der Waals surface area contributed by atoms with Crippen LogP contribution in [0.2, 0.25) is 0 Å². The van der Waals surface area contributed by atoms with Crippen molar-refractivity contribution in [2.75, 3.05) is 12.0 Å². The Morgan fingerprint density at radius 2 is 2.38 bits per heavy atom. The molecule has 1 aromatic rings. The van der Waals surface area contributed by atoms with E-state index in [-0.39, 0.29) is 0 Å². The minimum absolute atomic E-state index is 0.677. The van der Waals surface area contributed by atoms with Crippen LogP contribution in [0.5, 0.6) is 0 Å². The van der Waals surface area contributed by atoms with Crippen molar-refractivity contribution in [3.05, 3.63) is 16.7 Å². The number of nitrogens with one attached hydrogen (secondary N) is 1. The minimum atomic E-state index is 0.677. The normalized spacial score (nSPS) is 13.2. The topological polar surface area (TPSA) is 20.7 Å². The first-order valence-corrected chi connectivity index (χ1v) is 6.19. The second-order valence-electron chi connectivity index (χ2n) is 3.41. The maximum absolute atomic E-state index is 5.18. The molecular formula is C9H16N2S2. The number of hydrogen-bond acceptors (Lipinski definition) is 2. The van der Waals surface area contributed by atoms with Crippen molar-refractivity contribution in [1.29, 1.82) is 0 Å². The molecule has 1 atom stereocenters. The number of nitrogens with zero attached hydrogens (tertiary/aromatic N) is 1. The number of thioether (sulfide) groups is 1. The van der Waals surface area contributed by atoms with Gasteiger partial charge in [0.15, 0.2) is 4.77 Å². The molecule has 0 saturated carbocycles. The molecule has 1 rings (SSSR count). The first-order chi connectivity index (χ1) is 6.15. The average Bonchev–Trinajstić information content (AvgIpc) is 2.36. The van der Waals surface area contributed by atoms with Crippen molar-refractivity contribution in [3.63, 3.8) is 0 Å². The summed E-state index contributed by atoms with van der Waals surface area (Å²) in [5, 5.41) is 0. The van der Waals surface area contributed by atoms with Gasteiger partial charge in [0.05, 0.1) is 0 Å². The third-order valence-corrected chi connectivity index (χ3v) is 3.26. The summed E-state index contributed by atoms with van der Waals surface area (Å²) in [4.78, 5) is 3.06. The fourth-order valence-corrected chi connectivity index (χ4v) is 2.31. The van der Waals surface area contributed by atoms with E-state index in [0.717, 1.165) is 11.3 Å². The molecule has 0 radical (unpaired) electrons. The molecule has 1 heterocycles. The summed E-state index contributed by atoms with van der Waals surface area (Å²) in [7, 11) is 0. The lowest BCUT2D eigenvalue weighted by Crippen LogP contribution is -2.10. The molecule has 0 saturated heterocycles. The lowest BCUT2D eigenvalue weighted by molar-refractivity contribution is 0.518. The molecule has 0 aliphatic carbocycles. The summed E-state index contributed by atoms with van der Waals surface area (Å²) in [6.45, 7) is 5.36. The number of hydrogen-bond donors (Lipinski definition) is 1. The zero-order valence-electron chi connectivity index (χ0n) is 8.33. The highest BCUT2D eigenvalue weighted by Crippen LogP contribution is 2.09. The Hall–Kier alpha value is -0.220. The number of aromatic nitrogens is 2. The van der Waals surface area contributed by atoms with Gasteiger partial charge in [-0.05, 0) is 37.1 Å². The van der Waals surface area contributed by atoms with Crippen LogP contribution in [0.4, 0.5) is 0 Å². The van der Waals surface area contributed by atoms with Crippen LogP contribution in [-0.4, -0.2) is 21.6 Å². The molecule has 13 heavy (non-hydrogen) atoms. The highest BCUT2D eigenvalue weighted by Gasteiger charge is 2.05. The van der Waals surface area contributed by atoms with Gasteiger partial charge >= 0.3 is 0 Å².